The standard InChI is InChI=1S/C17H17N5O2S/c1-12-5-7-14(8-6-12)20-10-21-16(18-19-17(21)25-11-20)13-3-2-4-15(9-13)22(23)24/h2-9,22-23H,10-11H2,1H3. The maximum absolute atomic E-state index is 11.2. The van der Waals surface area contributed by atoms with E-state index < -0.39 is 5.23 Å². The highest BCUT2D eigenvalue weighted by atomic mass is 32.2. The van der Waals surface area contributed by atoms with E-state index in [9.17, 15) is 10.4 Å². The summed E-state index contributed by atoms with van der Waals surface area (Å²) in [5.74, 6) is 1.48. The van der Waals surface area contributed by atoms with Crippen LogP contribution in [0.2, 0.25) is 0 Å². The van der Waals surface area contributed by atoms with Crippen molar-refractivity contribution >= 4 is 23.1 Å². The number of fused-ring (bicyclic) bond motifs is 1. The van der Waals surface area contributed by atoms with Crippen LogP contribution in [0.3, 0.4) is 0 Å². The van der Waals surface area contributed by atoms with E-state index in [0.29, 0.717) is 12.5 Å². The highest BCUT2D eigenvalue weighted by Crippen LogP contribution is 2.32. The highest BCUT2D eigenvalue weighted by Gasteiger charge is 2.23. The van der Waals surface area contributed by atoms with E-state index in [1.54, 1.807) is 30.0 Å². The summed E-state index contributed by atoms with van der Waals surface area (Å²) in [5, 5.41) is 28.9. The largest absolute Gasteiger partial charge is 0.595 e. The molecule has 1 atom stereocenters. The van der Waals surface area contributed by atoms with Crippen LogP contribution in [0.25, 0.3) is 11.4 Å². The summed E-state index contributed by atoms with van der Waals surface area (Å²) in [7, 11) is 0. The molecule has 1 aliphatic heterocycles. The molecular weight excluding hydrogens is 338 g/mol. The Labute approximate surface area is 149 Å². The van der Waals surface area contributed by atoms with Gasteiger partial charge in [0.25, 0.3) is 0 Å². The molecule has 2 N–H and O–H groups in total. The maximum Gasteiger partial charge on any atom is 0.194 e. The normalized spacial score (nSPS) is 15.1. The third-order valence-electron chi connectivity index (χ3n) is 4.15. The van der Waals surface area contributed by atoms with Gasteiger partial charge in [-0.2, -0.15) is 5.23 Å². The van der Waals surface area contributed by atoms with Crippen molar-refractivity contribution in [2.45, 2.75) is 18.7 Å². The molecule has 0 aliphatic carbocycles. The minimum atomic E-state index is -0.948. The molecule has 128 valence electrons. The molecule has 3 aromatic rings. The van der Waals surface area contributed by atoms with Crippen molar-refractivity contribution in [1.29, 1.82) is 0 Å². The summed E-state index contributed by atoms with van der Waals surface area (Å²) in [6.45, 7) is 2.70. The molecule has 7 nitrogen and oxygen atoms in total. The van der Waals surface area contributed by atoms with Crippen molar-refractivity contribution in [1.82, 2.24) is 14.8 Å². The van der Waals surface area contributed by atoms with E-state index in [2.05, 4.69) is 46.3 Å². The van der Waals surface area contributed by atoms with Crippen LogP contribution in [-0.2, 0) is 6.67 Å². The van der Waals surface area contributed by atoms with E-state index in [0.717, 1.165) is 22.3 Å². The van der Waals surface area contributed by atoms with Gasteiger partial charge in [0, 0.05) is 23.4 Å². The Morgan fingerprint density at radius 1 is 1.16 bits per heavy atom. The van der Waals surface area contributed by atoms with Crippen LogP contribution in [0.1, 0.15) is 5.56 Å². The number of rotatable bonds is 3. The number of anilines is 1. The molecule has 8 heteroatoms. The Morgan fingerprint density at radius 2 is 1.96 bits per heavy atom. The van der Waals surface area contributed by atoms with Crippen LogP contribution in [0.15, 0.2) is 53.7 Å². The zero-order valence-corrected chi connectivity index (χ0v) is 14.4. The molecule has 25 heavy (non-hydrogen) atoms. The molecule has 0 saturated carbocycles. The first-order chi connectivity index (χ1) is 12.1. The second-order valence-electron chi connectivity index (χ2n) is 5.91. The maximum atomic E-state index is 11.2. The molecule has 0 radical (unpaired) electrons. The number of aromatic nitrogens is 3. The first-order valence-electron chi connectivity index (χ1n) is 7.83. The van der Waals surface area contributed by atoms with Gasteiger partial charge in [0.15, 0.2) is 16.7 Å². The number of hydrogen-bond acceptors (Lipinski definition) is 6. The molecule has 0 fully saturated rings. The lowest BCUT2D eigenvalue weighted by Crippen LogP contribution is -2.99. The smallest absolute Gasteiger partial charge is 0.194 e. The number of nitrogens with zero attached hydrogens (tertiary/aromatic N) is 4. The minimum Gasteiger partial charge on any atom is -0.595 e. The third-order valence-corrected chi connectivity index (χ3v) is 5.15. The van der Waals surface area contributed by atoms with E-state index >= 15 is 0 Å². The number of quaternary nitrogens is 1. The summed E-state index contributed by atoms with van der Waals surface area (Å²) >= 11 is 1.62. The van der Waals surface area contributed by atoms with Gasteiger partial charge in [-0.25, -0.2) is 5.21 Å². The molecule has 1 aromatic heterocycles. The summed E-state index contributed by atoms with van der Waals surface area (Å²) in [5.41, 5.74) is 3.37. The predicted molar refractivity (Wildman–Crippen MR) is 95.6 cm³/mol. The van der Waals surface area contributed by atoms with Crippen molar-refractivity contribution in [3.63, 3.8) is 0 Å². The van der Waals surface area contributed by atoms with Gasteiger partial charge in [-0.05, 0) is 19.1 Å². The Bertz CT molecular complexity index is 894. The fourth-order valence-corrected chi connectivity index (χ4v) is 3.69. The van der Waals surface area contributed by atoms with Crippen LogP contribution in [0.4, 0.5) is 11.4 Å². The van der Waals surface area contributed by atoms with Gasteiger partial charge in [-0.15, -0.1) is 10.2 Å². The SMILES string of the molecule is Cc1ccc(N2CSc3nnc(-c4cccc([NH+]([O-])O)c4)n3C2)cc1. The Hall–Kier alpha value is -2.39. The first kappa shape index (κ1) is 16.1. The van der Waals surface area contributed by atoms with Gasteiger partial charge in [-0.3, -0.25) is 4.57 Å². The number of aryl methyl sites for hydroxylation is 1. The van der Waals surface area contributed by atoms with Crippen LogP contribution in [-0.4, -0.2) is 25.8 Å². The zero-order valence-electron chi connectivity index (χ0n) is 13.6. The van der Waals surface area contributed by atoms with Crippen LogP contribution in [0, 0.1) is 12.1 Å². The van der Waals surface area contributed by atoms with Crippen LogP contribution < -0.4 is 10.1 Å². The highest BCUT2D eigenvalue weighted by molar-refractivity contribution is 7.99. The van der Waals surface area contributed by atoms with Crippen molar-refractivity contribution < 1.29 is 10.4 Å². The third kappa shape index (κ3) is 3.12. The van der Waals surface area contributed by atoms with Gasteiger partial charge in [0.05, 0.1) is 12.5 Å². The summed E-state index contributed by atoms with van der Waals surface area (Å²) in [6.07, 6.45) is 0. The fourth-order valence-electron chi connectivity index (χ4n) is 2.79. The van der Waals surface area contributed by atoms with Gasteiger partial charge < -0.3 is 10.1 Å². The average molecular weight is 355 g/mol. The Balaban J connectivity index is 1.67. The van der Waals surface area contributed by atoms with Gasteiger partial charge in [0.1, 0.15) is 0 Å². The number of thioether (sulfide) groups is 1. The lowest BCUT2D eigenvalue weighted by Gasteiger charge is -2.29. The molecule has 0 saturated heterocycles. The minimum absolute atomic E-state index is 0.244. The molecule has 0 bridgehead atoms. The lowest BCUT2D eigenvalue weighted by molar-refractivity contribution is -0.991. The van der Waals surface area contributed by atoms with Crippen LogP contribution in [0.5, 0.6) is 0 Å². The molecule has 0 amide bonds. The molecule has 2 aromatic carbocycles. The Kier molecular flexibility index (Phi) is 4.18. The molecule has 0 spiro atoms. The average Bonchev–Trinajstić information content (AvgIpc) is 3.05. The van der Waals surface area contributed by atoms with Gasteiger partial charge in [-0.1, -0.05) is 41.6 Å². The Morgan fingerprint density at radius 3 is 2.72 bits per heavy atom. The predicted octanol–water partition coefficient (Wildman–Crippen LogP) is 2.18. The second kappa shape index (κ2) is 6.49. The fraction of sp³-hybridized carbons (Fsp3) is 0.176. The van der Waals surface area contributed by atoms with E-state index in [-0.39, 0.29) is 5.69 Å². The van der Waals surface area contributed by atoms with Crippen molar-refractivity contribution in [2.75, 3.05) is 10.8 Å². The molecule has 1 unspecified atom stereocenters. The second-order valence-corrected chi connectivity index (χ2v) is 6.82. The van der Waals surface area contributed by atoms with Crippen molar-refractivity contribution in [3.8, 4) is 11.4 Å². The van der Waals surface area contributed by atoms with Crippen molar-refractivity contribution in [2.24, 2.45) is 0 Å². The molecule has 2 heterocycles. The van der Waals surface area contributed by atoms with Gasteiger partial charge in [0.2, 0.25) is 0 Å². The van der Waals surface area contributed by atoms with Gasteiger partial charge >= 0.3 is 0 Å². The summed E-state index contributed by atoms with van der Waals surface area (Å²) in [4.78, 5) is 2.24. The van der Waals surface area contributed by atoms with E-state index in [1.807, 2.05) is 10.6 Å². The molecule has 4 rings (SSSR count). The van der Waals surface area contributed by atoms with Crippen molar-refractivity contribution in [3.05, 3.63) is 59.3 Å². The summed E-state index contributed by atoms with van der Waals surface area (Å²) < 4.78 is 2.02. The number of hydrogen-bond donors (Lipinski definition) is 2. The molecular formula is C17H17N5O2S. The topological polar surface area (TPSA) is 81.7 Å². The monoisotopic (exact) mass is 355 g/mol. The number of nitrogens with one attached hydrogen (secondary N) is 1. The lowest BCUT2D eigenvalue weighted by atomic mass is 10.2. The summed E-state index contributed by atoms with van der Waals surface area (Å²) in [6, 6.07) is 15.2. The number of benzene rings is 2. The van der Waals surface area contributed by atoms with E-state index in [4.69, 9.17) is 0 Å². The van der Waals surface area contributed by atoms with E-state index in [1.165, 1.54) is 5.56 Å². The molecule has 1 aliphatic rings. The van der Waals surface area contributed by atoms with Crippen LogP contribution >= 0.6 is 11.8 Å². The zero-order chi connectivity index (χ0) is 17.4. The quantitative estimate of drug-likeness (QED) is 0.701. The first-order valence-corrected chi connectivity index (χ1v) is 8.82.